The average Bonchev–Trinajstić information content (AvgIpc) is 3.50. The van der Waals surface area contributed by atoms with Crippen molar-refractivity contribution in [2.24, 2.45) is 0 Å². The van der Waals surface area contributed by atoms with E-state index in [1.54, 1.807) is 11.3 Å². The van der Waals surface area contributed by atoms with E-state index in [0.717, 1.165) is 57.1 Å². The Bertz CT molecular complexity index is 1340. The molecule has 0 radical (unpaired) electrons. The third kappa shape index (κ3) is 3.70. The Morgan fingerprint density at radius 1 is 1.10 bits per heavy atom. The molecule has 0 aliphatic heterocycles. The number of aromatic amines is 1. The quantitative estimate of drug-likeness (QED) is 0.376. The molecule has 0 aliphatic carbocycles. The Morgan fingerprint density at radius 3 is 2.68 bits per heavy atom. The van der Waals surface area contributed by atoms with Crippen molar-refractivity contribution >= 4 is 34.1 Å². The molecule has 0 atom stereocenters. The minimum atomic E-state index is 0.246. The summed E-state index contributed by atoms with van der Waals surface area (Å²) in [5.41, 5.74) is 5.75. The van der Waals surface area contributed by atoms with Gasteiger partial charge >= 0.3 is 0 Å². The number of thiophene rings is 1. The van der Waals surface area contributed by atoms with Gasteiger partial charge in [0.15, 0.2) is 5.65 Å². The van der Waals surface area contributed by atoms with Crippen LogP contribution in [-0.2, 0) is 13.0 Å². The monoisotopic (exact) mass is 450 g/mol. The van der Waals surface area contributed by atoms with Gasteiger partial charge in [0.25, 0.3) is 0 Å². The molecule has 1 N–H and O–H groups in total. The summed E-state index contributed by atoms with van der Waals surface area (Å²) in [7, 11) is 0. The van der Waals surface area contributed by atoms with Gasteiger partial charge in [-0.25, -0.2) is 9.97 Å². The predicted octanol–water partition coefficient (Wildman–Crippen LogP) is 4.70. The second-order valence-corrected chi connectivity index (χ2v) is 8.46. The molecule has 8 nitrogen and oxygen atoms in total. The van der Waals surface area contributed by atoms with Gasteiger partial charge in [-0.1, -0.05) is 31.2 Å². The molecule has 10 heteroatoms. The van der Waals surface area contributed by atoms with E-state index in [-0.39, 0.29) is 5.28 Å². The number of nitrogens with zero attached hydrogens (tertiary/aromatic N) is 7. The molecule has 0 saturated carbocycles. The largest absolute Gasteiger partial charge is 0.308 e. The molecule has 1 aromatic carbocycles. The number of hydrogen-bond donors (Lipinski definition) is 1. The topological polar surface area (TPSA) is 98.1 Å². The summed E-state index contributed by atoms with van der Waals surface area (Å²) in [4.78, 5) is 14.5. The number of imidazole rings is 1. The maximum Gasteiger partial charge on any atom is 0.224 e. The number of nitrogens with one attached hydrogen (secondary N) is 1. The first kappa shape index (κ1) is 19.8. The van der Waals surface area contributed by atoms with Crippen molar-refractivity contribution in [2.45, 2.75) is 33.2 Å². The lowest BCUT2D eigenvalue weighted by Gasteiger charge is -2.10. The van der Waals surface area contributed by atoms with Crippen molar-refractivity contribution in [3.05, 3.63) is 58.1 Å². The first-order valence-corrected chi connectivity index (χ1v) is 11.2. The van der Waals surface area contributed by atoms with E-state index in [0.29, 0.717) is 12.4 Å². The third-order valence-corrected chi connectivity index (χ3v) is 6.19. The highest BCUT2D eigenvalue weighted by Gasteiger charge is 2.16. The lowest BCUT2D eigenvalue weighted by atomic mass is 10.0. The molecule has 156 valence electrons. The highest BCUT2D eigenvalue weighted by Crippen LogP contribution is 2.34. The van der Waals surface area contributed by atoms with Crippen molar-refractivity contribution < 1.29 is 0 Å². The van der Waals surface area contributed by atoms with Crippen LogP contribution in [0.15, 0.2) is 35.7 Å². The normalized spacial score (nSPS) is 11.5. The number of rotatable bonds is 6. The molecule has 0 spiro atoms. The molecular weight excluding hydrogens is 432 g/mol. The lowest BCUT2D eigenvalue weighted by Crippen LogP contribution is -2.06. The van der Waals surface area contributed by atoms with E-state index in [1.165, 1.54) is 0 Å². The van der Waals surface area contributed by atoms with Gasteiger partial charge < -0.3 is 4.57 Å². The molecule has 4 heterocycles. The van der Waals surface area contributed by atoms with Crippen molar-refractivity contribution in [3.63, 3.8) is 0 Å². The SMILES string of the molecule is CCCc1nc2c(C)nc(Cl)nc2n1Cc1ccc(-c2ccsc2-c2nn[nH]n2)cc1. The van der Waals surface area contributed by atoms with Crippen molar-refractivity contribution in [1.82, 2.24) is 40.1 Å². The van der Waals surface area contributed by atoms with Crippen molar-refractivity contribution in [3.8, 4) is 21.8 Å². The first-order chi connectivity index (χ1) is 15.1. The Hall–Kier alpha value is -3.17. The molecule has 0 aliphatic rings. The molecular formula is C21H19ClN8S. The highest BCUT2D eigenvalue weighted by atomic mass is 35.5. The minimum Gasteiger partial charge on any atom is -0.308 e. The van der Waals surface area contributed by atoms with Crippen LogP contribution in [0.4, 0.5) is 0 Å². The Balaban J connectivity index is 1.49. The van der Waals surface area contributed by atoms with E-state index in [4.69, 9.17) is 16.6 Å². The number of fused-ring (bicyclic) bond motifs is 1. The van der Waals surface area contributed by atoms with Gasteiger partial charge in [0.2, 0.25) is 11.1 Å². The zero-order valence-corrected chi connectivity index (χ0v) is 18.6. The smallest absolute Gasteiger partial charge is 0.224 e. The van der Waals surface area contributed by atoms with Gasteiger partial charge in [-0.3, -0.25) is 0 Å². The molecule has 4 aromatic heterocycles. The third-order valence-electron chi connectivity index (χ3n) is 5.11. The number of benzene rings is 1. The van der Waals surface area contributed by atoms with Crippen LogP contribution >= 0.6 is 22.9 Å². The zero-order valence-electron chi connectivity index (χ0n) is 17.0. The van der Waals surface area contributed by atoms with Crippen molar-refractivity contribution in [1.29, 1.82) is 0 Å². The summed E-state index contributed by atoms with van der Waals surface area (Å²) in [6.45, 7) is 4.73. The van der Waals surface area contributed by atoms with Gasteiger partial charge in [0.1, 0.15) is 11.3 Å². The number of aromatic nitrogens is 8. The Kier molecular flexibility index (Phi) is 5.21. The van der Waals surface area contributed by atoms with E-state index in [1.807, 2.05) is 12.3 Å². The average molecular weight is 451 g/mol. The molecule has 5 aromatic rings. The van der Waals surface area contributed by atoms with Crippen molar-refractivity contribution in [2.75, 3.05) is 0 Å². The fraction of sp³-hybridized carbons (Fsp3) is 0.238. The van der Waals surface area contributed by atoms with Gasteiger partial charge in [0, 0.05) is 12.0 Å². The molecule has 0 bridgehead atoms. The Morgan fingerprint density at radius 2 is 1.94 bits per heavy atom. The zero-order chi connectivity index (χ0) is 21.4. The van der Waals surface area contributed by atoms with Crippen LogP contribution in [-0.4, -0.2) is 40.1 Å². The summed E-state index contributed by atoms with van der Waals surface area (Å²) in [5.74, 6) is 1.61. The van der Waals surface area contributed by atoms with Gasteiger partial charge in [-0.15, -0.1) is 21.5 Å². The summed E-state index contributed by atoms with van der Waals surface area (Å²) >= 11 is 7.74. The minimum absolute atomic E-state index is 0.246. The number of hydrogen-bond acceptors (Lipinski definition) is 7. The van der Waals surface area contributed by atoms with Gasteiger partial charge in [0.05, 0.1) is 17.1 Å². The predicted molar refractivity (Wildman–Crippen MR) is 121 cm³/mol. The fourth-order valence-corrected chi connectivity index (χ4v) is 4.72. The van der Waals surface area contributed by atoms with Crippen LogP contribution in [0.3, 0.4) is 0 Å². The standard InChI is InChI=1S/C21H19ClN8S/c1-3-4-16-24-17-12(2)23-21(22)25-20(17)30(16)11-13-5-7-14(8-6-13)15-9-10-31-18(15)19-26-28-29-27-19/h5-10H,3-4,11H2,1-2H3,(H,26,27,28,29). The van der Waals surface area contributed by atoms with Gasteiger partial charge in [-0.05, 0) is 52.7 Å². The van der Waals surface area contributed by atoms with E-state index >= 15 is 0 Å². The van der Waals surface area contributed by atoms with Gasteiger partial charge in [-0.2, -0.15) is 10.2 Å². The van der Waals surface area contributed by atoms with Crippen LogP contribution in [0.2, 0.25) is 5.28 Å². The molecule has 0 fully saturated rings. The van der Waals surface area contributed by atoms with E-state index in [2.05, 4.69) is 72.4 Å². The fourth-order valence-electron chi connectivity index (χ4n) is 3.67. The maximum absolute atomic E-state index is 6.14. The highest BCUT2D eigenvalue weighted by molar-refractivity contribution is 7.14. The van der Waals surface area contributed by atoms with Crippen LogP contribution < -0.4 is 0 Å². The number of aryl methyl sites for hydroxylation is 2. The molecule has 31 heavy (non-hydrogen) atoms. The number of halogens is 1. The van der Waals surface area contributed by atoms with Crippen LogP contribution in [0.25, 0.3) is 33.0 Å². The summed E-state index contributed by atoms with van der Waals surface area (Å²) in [6, 6.07) is 10.6. The number of H-pyrrole nitrogens is 1. The lowest BCUT2D eigenvalue weighted by molar-refractivity contribution is 0.716. The van der Waals surface area contributed by atoms with E-state index < -0.39 is 0 Å². The molecule has 0 amide bonds. The summed E-state index contributed by atoms with van der Waals surface area (Å²) in [6.07, 6.45) is 1.87. The Labute approximate surface area is 187 Å². The first-order valence-electron chi connectivity index (χ1n) is 9.94. The van der Waals surface area contributed by atoms with E-state index in [9.17, 15) is 0 Å². The van der Waals surface area contributed by atoms with Crippen LogP contribution in [0, 0.1) is 6.92 Å². The van der Waals surface area contributed by atoms with Crippen LogP contribution in [0.1, 0.15) is 30.4 Å². The second kappa shape index (κ2) is 8.16. The second-order valence-electron chi connectivity index (χ2n) is 7.21. The molecule has 0 saturated heterocycles. The van der Waals surface area contributed by atoms with Crippen LogP contribution in [0.5, 0.6) is 0 Å². The molecule has 0 unspecified atom stereocenters. The summed E-state index contributed by atoms with van der Waals surface area (Å²) < 4.78 is 2.14. The maximum atomic E-state index is 6.14. The molecule has 5 rings (SSSR count). The number of tetrazole rings is 1. The summed E-state index contributed by atoms with van der Waals surface area (Å²) in [5, 5.41) is 16.7.